The van der Waals surface area contributed by atoms with E-state index in [4.69, 9.17) is 4.74 Å². The number of halogens is 2. The highest BCUT2D eigenvalue weighted by molar-refractivity contribution is 7.98. The third-order valence-electron chi connectivity index (χ3n) is 3.83. The van der Waals surface area contributed by atoms with E-state index >= 15 is 0 Å². The van der Waals surface area contributed by atoms with Crippen molar-refractivity contribution in [2.45, 2.75) is 31.4 Å². The second-order valence-corrected chi connectivity index (χ2v) is 6.36. The topological polar surface area (TPSA) is 60.0 Å². The first-order valence-electron chi connectivity index (χ1n) is 7.55. The van der Waals surface area contributed by atoms with E-state index in [0.29, 0.717) is 21.9 Å². The van der Waals surface area contributed by atoms with Gasteiger partial charge < -0.3 is 14.5 Å². The summed E-state index contributed by atoms with van der Waals surface area (Å²) in [5, 5.41) is 0.618. The molecule has 0 fully saturated rings. The number of imidazole rings is 1. The summed E-state index contributed by atoms with van der Waals surface area (Å²) in [4.78, 5) is 11.9. The standard InChI is InChI=1S/C17H17F2N3O2S/c1-9-4-5-13(24-16(18)19)15-14(9)21-17(22-15)25-8-11-10(2)12(23-3)6-7-20-11/h4-7,16H,8H2,1-3H3,(H,21,22). The highest BCUT2D eigenvalue weighted by Crippen LogP contribution is 2.32. The van der Waals surface area contributed by atoms with Gasteiger partial charge in [-0.25, -0.2) is 4.98 Å². The molecule has 132 valence electrons. The van der Waals surface area contributed by atoms with Crippen molar-refractivity contribution in [1.82, 2.24) is 15.0 Å². The predicted octanol–water partition coefficient (Wildman–Crippen LogP) is 4.48. The van der Waals surface area contributed by atoms with Crippen LogP contribution in [0.5, 0.6) is 11.5 Å². The maximum absolute atomic E-state index is 12.6. The lowest BCUT2D eigenvalue weighted by atomic mass is 10.2. The number of ether oxygens (including phenoxy) is 2. The molecular weight excluding hydrogens is 348 g/mol. The summed E-state index contributed by atoms with van der Waals surface area (Å²) in [6, 6.07) is 5.04. The zero-order chi connectivity index (χ0) is 18.0. The number of aryl methyl sites for hydroxylation is 1. The zero-order valence-corrected chi connectivity index (χ0v) is 14.8. The molecule has 25 heavy (non-hydrogen) atoms. The van der Waals surface area contributed by atoms with Crippen LogP contribution in [0.4, 0.5) is 8.78 Å². The Hall–Kier alpha value is -2.35. The molecule has 3 aromatic rings. The molecular formula is C17H17F2N3O2S. The predicted molar refractivity (Wildman–Crippen MR) is 92.5 cm³/mol. The summed E-state index contributed by atoms with van der Waals surface area (Å²) in [5.41, 5.74) is 3.85. The monoisotopic (exact) mass is 365 g/mol. The van der Waals surface area contributed by atoms with Crippen molar-refractivity contribution in [3.8, 4) is 11.5 Å². The van der Waals surface area contributed by atoms with E-state index in [9.17, 15) is 8.78 Å². The van der Waals surface area contributed by atoms with Crippen LogP contribution < -0.4 is 9.47 Å². The van der Waals surface area contributed by atoms with Crippen LogP contribution in [-0.2, 0) is 5.75 Å². The van der Waals surface area contributed by atoms with Gasteiger partial charge in [-0.15, -0.1) is 0 Å². The molecule has 1 N–H and O–H groups in total. The number of aromatic amines is 1. The van der Waals surface area contributed by atoms with Crippen LogP contribution >= 0.6 is 11.8 Å². The summed E-state index contributed by atoms with van der Waals surface area (Å²) in [7, 11) is 1.62. The number of alkyl halides is 2. The molecule has 3 rings (SSSR count). The summed E-state index contributed by atoms with van der Waals surface area (Å²) in [6.07, 6.45) is 1.69. The molecule has 5 nitrogen and oxygen atoms in total. The average Bonchev–Trinajstić information content (AvgIpc) is 3.01. The number of aromatic nitrogens is 3. The van der Waals surface area contributed by atoms with Gasteiger partial charge in [0.15, 0.2) is 10.9 Å². The van der Waals surface area contributed by atoms with E-state index in [0.717, 1.165) is 22.6 Å². The maximum Gasteiger partial charge on any atom is 0.387 e. The smallest absolute Gasteiger partial charge is 0.387 e. The summed E-state index contributed by atoms with van der Waals surface area (Å²) in [5.74, 6) is 1.42. The number of H-pyrrole nitrogens is 1. The highest BCUT2D eigenvalue weighted by atomic mass is 32.2. The molecule has 2 aromatic heterocycles. The SMILES string of the molecule is COc1ccnc(CSc2nc3c(OC(F)F)ccc(C)c3[nH]2)c1C. The minimum absolute atomic E-state index is 0.0642. The lowest BCUT2D eigenvalue weighted by Crippen LogP contribution is -2.02. The number of rotatable bonds is 6. The fourth-order valence-corrected chi connectivity index (χ4v) is 3.39. The van der Waals surface area contributed by atoms with Crippen molar-refractivity contribution in [3.63, 3.8) is 0 Å². The highest BCUT2D eigenvalue weighted by Gasteiger charge is 2.15. The Morgan fingerprint density at radius 3 is 2.72 bits per heavy atom. The van der Waals surface area contributed by atoms with E-state index in [-0.39, 0.29) is 5.75 Å². The van der Waals surface area contributed by atoms with Gasteiger partial charge in [-0.2, -0.15) is 8.78 Å². The quantitative estimate of drug-likeness (QED) is 0.653. The Kier molecular flexibility index (Phi) is 5.08. The number of benzene rings is 1. The van der Waals surface area contributed by atoms with Crippen LogP contribution in [0, 0.1) is 13.8 Å². The van der Waals surface area contributed by atoms with Gasteiger partial charge >= 0.3 is 6.61 Å². The van der Waals surface area contributed by atoms with E-state index in [2.05, 4.69) is 19.7 Å². The lowest BCUT2D eigenvalue weighted by molar-refractivity contribution is -0.0489. The van der Waals surface area contributed by atoms with Crippen molar-refractivity contribution < 1.29 is 18.3 Å². The molecule has 0 aliphatic carbocycles. The molecule has 0 spiro atoms. The van der Waals surface area contributed by atoms with Crippen molar-refractivity contribution in [3.05, 3.63) is 41.2 Å². The average molecular weight is 365 g/mol. The largest absolute Gasteiger partial charge is 0.496 e. The Labute approximate surface area is 147 Å². The number of hydrogen-bond donors (Lipinski definition) is 1. The van der Waals surface area contributed by atoms with Crippen LogP contribution in [0.25, 0.3) is 11.0 Å². The first kappa shape index (κ1) is 17.5. The van der Waals surface area contributed by atoms with Crippen LogP contribution in [0.15, 0.2) is 29.6 Å². The van der Waals surface area contributed by atoms with Gasteiger partial charge in [0.2, 0.25) is 0 Å². The van der Waals surface area contributed by atoms with Crippen LogP contribution in [0.1, 0.15) is 16.8 Å². The van der Waals surface area contributed by atoms with Gasteiger partial charge in [-0.1, -0.05) is 17.8 Å². The number of hydrogen-bond acceptors (Lipinski definition) is 5. The van der Waals surface area contributed by atoms with Gasteiger partial charge in [0.1, 0.15) is 11.3 Å². The molecule has 0 aliphatic rings. The molecule has 2 heterocycles. The fraction of sp³-hybridized carbons (Fsp3) is 0.294. The van der Waals surface area contributed by atoms with Crippen molar-refractivity contribution in [2.24, 2.45) is 0 Å². The van der Waals surface area contributed by atoms with Gasteiger partial charge in [0, 0.05) is 17.5 Å². The van der Waals surface area contributed by atoms with Crippen molar-refractivity contribution in [1.29, 1.82) is 0 Å². The van der Waals surface area contributed by atoms with Crippen LogP contribution in [0.3, 0.4) is 0 Å². The summed E-state index contributed by atoms with van der Waals surface area (Å²) >= 11 is 1.44. The molecule has 0 atom stereocenters. The Bertz CT molecular complexity index is 899. The minimum atomic E-state index is -2.89. The zero-order valence-electron chi connectivity index (χ0n) is 14.0. The number of nitrogens with one attached hydrogen (secondary N) is 1. The summed E-state index contributed by atoms with van der Waals surface area (Å²) < 4.78 is 35.0. The normalized spacial score (nSPS) is 11.3. The van der Waals surface area contributed by atoms with E-state index in [1.165, 1.54) is 17.8 Å². The Morgan fingerprint density at radius 2 is 2.00 bits per heavy atom. The molecule has 0 unspecified atom stereocenters. The van der Waals surface area contributed by atoms with Gasteiger partial charge in [-0.3, -0.25) is 4.98 Å². The number of pyridine rings is 1. The second kappa shape index (κ2) is 7.26. The summed E-state index contributed by atoms with van der Waals surface area (Å²) in [6.45, 7) is 0.941. The van der Waals surface area contributed by atoms with E-state index < -0.39 is 6.61 Å². The molecule has 0 bridgehead atoms. The molecule has 8 heteroatoms. The lowest BCUT2D eigenvalue weighted by Gasteiger charge is -2.08. The minimum Gasteiger partial charge on any atom is -0.496 e. The van der Waals surface area contributed by atoms with E-state index in [1.54, 1.807) is 19.4 Å². The van der Waals surface area contributed by atoms with Gasteiger partial charge in [-0.05, 0) is 31.5 Å². The van der Waals surface area contributed by atoms with Crippen molar-refractivity contribution >= 4 is 22.8 Å². The molecule has 1 aromatic carbocycles. The first-order valence-corrected chi connectivity index (χ1v) is 8.53. The second-order valence-electron chi connectivity index (χ2n) is 5.40. The van der Waals surface area contributed by atoms with Crippen LogP contribution in [0.2, 0.25) is 0 Å². The maximum atomic E-state index is 12.6. The number of fused-ring (bicyclic) bond motifs is 1. The Balaban J connectivity index is 1.86. The molecule has 0 amide bonds. The van der Waals surface area contributed by atoms with E-state index in [1.807, 2.05) is 19.9 Å². The van der Waals surface area contributed by atoms with Gasteiger partial charge in [0.25, 0.3) is 0 Å². The molecule has 0 radical (unpaired) electrons. The van der Waals surface area contributed by atoms with Crippen molar-refractivity contribution in [2.75, 3.05) is 7.11 Å². The van der Waals surface area contributed by atoms with Gasteiger partial charge in [0.05, 0.1) is 18.3 Å². The molecule has 0 saturated carbocycles. The Morgan fingerprint density at radius 1 is 1.20 bits per heavy atom. The van der Waals surface area contributed by atoms with Crippen LogP contribution in [-0.4, -0.2) is 28.7 Å². The number of methoxy groups -OCH3 is 1. The molecule has 0 aliphatic heterocycles. The first-order chi connectivity index (χ1) is 12.0. The number of nitrogens with zero attached hydrogens (tertiary/aromatic N) is 2. The molecule has 0 saturated heterocycles. The third kappa shape index (κ3) is 3.68. The fourth-order valence-electron chi connectivity index (χ4n) is 2.50. The number of thioether (sulfide) groups is 1. The third-order valence-corrected chi connectivity index (χ3v) is 4.72.